The van der Waals surface area contributed by atoms with Gasteiger partial charge in [0.15, 0.2) is 0 Å². The summed E-state index contributed by atoms with van der Waals surface area (Å²) in [6.45, 7) is 2.15. The van der Waals surface area contributed by atoms with E-state index in [0.29, 0.717) is 27.3 Å². The molecule has 2 rings (SSSR count). The zero-order chi connectivity index (χ0) is 17.7. The van der Waals surface area contributed by atoms with E-state index in [0.717, 1.165) is 0 Å². The Labute approximate surface area is 153 Å². The second-order valence-corrected chi connectivity index (χ2v) is 5.89. The first kappa shape index (κ1) is 18.4. The van der Waals surface area contributed by atoms with Crippen LogP contribution in [-0.4, -0.2) is 18.5 Å². The first-order chi connectivity index (χ1) is 11.4. The maximum Gasteiger partial charge on any atom is 0.412 e. The van der Waals surface area contributed by atoms with Crippen molar-refractivity contribution in [3.63, 3.8) is 0 Å². The van der Waals surface area contributed by atoms with Gasteiger partial charge >= 0.3 is 6.09 Å². The molecule has 0 fully saturated rings. The predicted molar refractivity (Wildman–Crippen MR) is 95.6 cm³/mol. The highest BCUT2D eigenvalue weighted by atomic mass is 35.5. The summed E-state index contributed by atoms with van der Waals surface area (Å²) in [5.41, 5.74) is 0.554. The summed E-state index contributed by atoms with van der Waals surface area (Å²) in [6, 6.07) is 9.04. The average Bonchev–Trinajstić information content (AvgIpc) is 2.53. The van der Waals surface area contributed by atoms with E-state index in [9.17, 15) is 9.59 Å². The van der Waals surface area contributed by atoms with Gasteiger partial charge in [0.25, 0.3) is 5.91 Å². The Morgan fingerprint density at radius 1 is 1.04 bits per heavy atom. The van der Waals surface area contributed by atoms with Crippen molar-refractivity contribution in [1.82, 2.24) is 5.32 Å². The Morgan fingerprint density at radius 2 is 1.79 bits per heavy atom. The van der Waals surface area contributed by atoms with Gasteiger partial charge in [-0.15, -0.1) is 0 Å². The average molecular weight is 388 g/mol. The van der Waals surface area contributed by atoms with Crippen LogP contribution in [-0.2, 0) is 0 Å². The highest BCUT2D eigenvalue weighted by Crippen LogP contribution is 2.27. The van der Waals surface area contributed by atoms with Gasteiger partial charge in [0, 0.05) is 17.3 Å². The monoisotopic (exact) mass is 386 g/mol. The topological polar surface area (TPSA) is 67.4 Å². The zero-order valence-electron chi connectivity index (χ0n) is 12.5. The first-order valence-electron chi connectivity index (χ1n) is 6.92. The van der Waals surface area contributed by atoms with Gasteiger partial charge in [-0.3, -0.25) is 4.79 Å². The van der Waals surface area contributed by atoms with Gasteiger partial charge in [-0.05, 0) is 43.3 Å². The Kier molecular flexibility index (Phi) is 6.31. The molecule has 0 saturated heterocycles. The van der Waals surface area contributed by atoms with Gasteiger partial charge in [-0.25, -0.2) is 4.79 Å². The SMILES string of the molecule is CCNC(=O)Oc1ccc(Cl)cc1C(=O)Nc1ccc(Cl)c(Cl)c1. The van der Waals surface area contributed by atoms with Crippen LogP contribution in [0.3, 0.4) is 0 Å². The van der Waals surface area contributed by atoms with Crippen LogP contribution in [0.5, 0.6) is 5.75 Å². The molecule has 8 heteroatoms. The number of anilines is 1. The highest BCUT2D eigenvalue weighted by Gasteiger charge is 2.16. The summed E-state index contributed by atoms with van der Waals surface area (Å²) in [5.74, 6) is -0.418. The lowest BCUT2D eigenvalue weighted by atomic mass is 10.2. The molecule has 2 aromatic rings. The van der Waals surface area contributed by atoms with E-state index in [2.05, 4.69) is 10.6 Å². The van der Waals surface area contributed by atoms with Crippen molar-refractivity contribution in [2.75, 3.05) is 11.9 Å². The number of hydrogen-bond donors (Lipinski definition) is 2. The summed E-state index contributed by atoms with van der Waals surface area (Å²) >= 11 is 17.7. The molecule has 5 nitrogen and oxygen atoms in total. The number of halogens is 3. The Balaban J connectivity index is 2.25. The summed E-state index contributed by atoms with van der Waals surface area (Å²) in [4.78, 5) is 24.0. The number of hydrogen-bond acceptors (Lipinski definition) is 3. The molecule has 0 aromatic heterocycles. The Hall–Kier alpha value is -1.95. The third-order valence-corrected chi connectivity index (χ3v) is 3.86. The second kappa shape index (κ2) is 8.24. The quantitative estimate of drug-likeness (QED) is 0.775. The molecule has 0 aliphatic rings. The Bertz CT molecular complexity index is 781. The minimum absolute atomic E-state index is 0.0860. The van der Waals surface area contributed by atoms with E-state index >= 15 is 0 Å². The maximum atomic E-state index is 12.5. The van der Waals surface area contributed by atoms with Crippen molar-refractivity contribution < 1.29 is 14.3 Å². The lowest BCUT2D eigenvalue weighted by Gasteiger charge is -2.11. The number of carbonyl (C=O) groups is 2. The number of carbonyl (C=O) groups excluding carboxylic acids is 2. The molecular weight excluding hydrogens is 375 g/mol. The molecule has 0 aliphatic carbocycles. The molecule has 0 unspecified atom stereocenters. The standard InChI is InChI=1S/C16H13Cl3N2O3/c1-2-20-16(23)24-14-6-3-9(17)7-11(14)15(22)21-10-4-5-12(18)13(19)8-10/h3-8H,2H2,1H3,(H,20,23)(H,21,22). The first-order valence-corrected chi connectivity index (χ1v) is 8.05. The van der Waals surface area contributed by atoms with Crippen LogP contribution in [0.1, 0.15) is 17.3 Å². The molecule has 2 aromatic carbocycles. The molecule has 2 N–H and O–H groups in total. The van der Waals surface area contributed by atoms with Crippen molar-refractivity contribution in [2.45, 2.75) is 6.92 Å². The van der Waals surface area contributed by atoms with E-state index in [1.807, 2.05) is 0 Å². The van der Waals surface area contributed by atoms with Gasteiger partial charge < -0.3 is 15.4 Å². The largest absolute Gasteiger partial charge is 0.412 e. The lowest BCUT2D eigenvalue weighted by Crippen LogP contribution is -2.27. The third kappa shape index (κ3) is 4.77. The molecule has 0 saturated carbocycles. The van der Waals surface area contributed by atoms with E-state index in [4.69, 9.17) is 39.5 Å². The molecule has 0 radical (unpaired) electrons. The van der Waals surface area contributed by atoms with Crippen molar-refractivity contribution in [3.05, 3.63) is 57.0 Å². The third-order valence-electron chi connectivity index (χ3n) is 2.89. The summed E-state index contributed by atoms with van der Waals surface area (Å²) in [5, 5.41) is 6.14. The van der Waals surface area contributed by atoms with Gasteiger partial charge in [0.2, 0.25) is 0 Å². The Morgan fingerprint density at radius 3 is 2.46 bits per heavy atom. The predicted octanol–water partition coefficient (Wildman–Crippen LogP) is 5.01. The number of ether oxygens (including phenoxy) is 1. The van der Waals surface area contributed by atoms with Crippen LogP contribution in [0.2, 0.25) is 15.1 Å². The molecule has 0 heterocycles. The van der Waals surface area contributed by atoms with Crippen LogP contribution in [0.25, 0.3) is 0 Å². The van der Waals surface area contributed by atoms with E-state index in [1.165, 1.54) is 24.3 Å². The van der Waals surface area contributed by atoms with Crippen LogP contribution in [0, 0.1) is 0 Å². The highest BCUT2D eigenvalue weighted by molar-refractivity contribution is 6.42. The minimum atomic E-state index is -0.664. The molecule has 126 valence electrons. The van der Waals surface area contributed by atoms with Crippen LogP contribution < -0.4 is 15.4 Å². The van der Waals surface area contributed by atoms with E-state index in [-0.39, 0.29) is 11.3 Å². The number of nitrogens with one attached hydrogen (secondary N) is 2. The number of rotatable bonds is 4. The molecule has 24 heavy (non-hydrogen) atoms. The summed E-state index contributed by atoms with van der Waals surface area (Å²) < 4.78 is 5.13. The second-order valence-electron chi connectivity index (χ2n) is 4.64. The molecular formula is C16H13Cl3N2O3. The van der Waals surface area contributed by atoms with Crippen LogP contribution in [0.4, 0.5) is 10.5 Å². The molecule has 0 bridgehead atoms. The maximum absolute atomic E-state index is 12.5. The number of amides is 2. The van der Waals surface area contributed by atoms with E-state index in [1.54, 1.807) is 19.1 Å². The molecule has 0 spiro atoms. The van der Waals surface area contributed by atoms with Gasteiger partial charge in [-0.2, -0.15) is 0 Å². The fourth-order valence-corrected chi connectivity index (χ4v) is 2.29. The van der Waals surface area contributed by atoms with Crippen LogP contribution in [0.15, 0.2) is 36.4 Å². The number of benzene rings is 2. The minimum Gasteiger partial charge on any atom is -0.409 e. The fourth-order valence-electron chi connectivity index (χ4n) is 1.82. The molecule has 0 atom stereocenters. The van der Waals surface area contributed by atoms with Crippen molar-refractivity contribution >= 4 is 52.5 Å². The van der Waals surface area contributed by atoms with E-state index < -0.39 is 12.0 Å². The zero-order valence-corrected chi connectivity index (χ0v) is 14.8. The smallest absolute Gasteiger partial charge is 0.409 e. The molecule has 0 aliphatic heterocycles. The van der Waals surface area contributed by atoms with Crippen molar-refractivity contribution in [1.29, 1.82) is 0 Å². The summed E-state index contributed by atoms with van der Waals surface area (Å²) in [6.07, 6.45) is -0.664. The summed E-state index contributed by atoms with van der Waals surface area (Å²) in [7, 11) is 0. The van der Waals surface area contributed by atoms with Crippen molar-refractivity contribution in [3.8, 4) is 5.75 Å². The van der Waals surface area contributed by atoms with Gasteiger partial charge in [-0.1, -0.05) is 34.8 Å². The van der Waals surface area contributed by atoms with Crippen LogP contribution >= 0.6 is 34.8 Å². The fraction of sp³-hybridized carbons (Fsp3) is 0.125. The van der Waals surface area contributed by atoms with Gasteiger partial charge in [0.1, 0.15) is 5.75 Å². The van der Waals surface area contributed by atoms with Crippen molar-refractivity contribution in [2.24, 2.45) is 0 Å². The van der Waals surface area contributed by atoms with Gasteiger partial charge in [0.05, 0.1) is 15.6 Å². The normalized spacial score (nSPS) is 10.2. The lowest BCUT2D eigenvalue weighted by molar-refractivity contribution is 0.102. The molecule has 2 amide bonds.